The maximum absolute atomic E-state index is 11.5. The average Bonchev–Trinajstić information content (AvgIpc) is 2.01. The molecule has 0 aromatic heterocycles. The number of rotatable bonds is 1. The van der Waals surface area contributed by atoms with Crippen molar-refractivity contribution in [2.75, 3.05) is 0 Å². The van der Waals surface area contributed by atoms with Crippen molar-refractivity contribution >= 4 is 5.91 Å². The zero-order valence-corrected chi connectivity index (χ0v) is 10.1. The summed E-state index contributed by atoms with van der Waals surface area (Å²) in [6, 6.07) is 0.344. The Labute approximate surface area is 87.5 Å². The highest BCUT2D eigenvalue weighted by molar-refractivity contribution is 5.77. The molecule has 1 amide bonds. The highest BCUT2D eigenvalue weighted by Gasteiger charge is 2.34. The molecule has 2 heteroatoms. The Balaban J connectivity index is 2.68. The van der Waals surface area contributed by atoms with Gasteiger partial charge in [-0.2, -0.15) is 0 Å². The number of carbonyl (C=O) groups is 1. The summed E-state index contributed by atoms with van der Waals surface area (Å²) in [4.78, 5) is 11.5. The minimum Gasteiger partial charge on any atom is -0.353 e. The fourth-order valence-corrected chi connectivity index (χ4v) is 2.01. The molecule has 0 aromatic rings. The van der Waals surface area contributed by atoms with E-state index in [1.54, 1.807) is 0 Å². The first kappa shape index (κ1) is 11.5. The van der Waals surface area contributed by atoms with Gasteiger partial charge in [-0.1, -0.05) is 34.6 Å². The van der Waals surface area contributed by atoms with Crippen molar-refractivity contribution < 1.29 is 4.79 Å². The quantitative estimate of drug-likeness (QED) is 0.688. The number of hydrogen-bond acceptors (Lipinski definition) is 1. The first-order valence-corrected chi connectivity index (χ1v) is 5.60. The van der Waals surface area contributed by atoms with Crippen LogP contribution in [0.4, 0.5) is 0 Å². The molecular weight excluding hydrogens is 174 g/mol. The standard InChI is InChI=1S/C12H23NO/c1-8(2)9-6-10(12(3,4)5)13-11(14)7-9/h8-10H,6-7H2,1-5H3,(H,13,14). The lowest BCUT2D eigenvalue weighted by Crippen LogP contribution is -2.50. The van der Waals surface area contributed by atoms with Crippen LogP contribution < -0.4 is 5.32 Å². The van der Waals surface area contributed by atoms with Crippen LogP contribution in [-0.4, -0.2) is 11.9 Å². The molecule has 1 heterocycles. The highest BCUT2D eigenvalue weighted by atomic mass is 16.1. The van der Waals surface area contributed by atoms with Gasteiger partial charge in [-0.3, -0.25) is 4.79 Å². The Morgan fingerprint density at radius 2 is 1.93 bits per heavy atom. The molecule has 0 spiro atoms. The number of amides is 1. The monoisotopic (exact) mass is 197 g/mol. The van der Waals surface area contributed by atoms with Gasteiger partial charge >= 0.3 is 0 Å². The maximum Gasteiger partial charge on any atom is 0.220 e. The van der Waals surface area contributed by atoms with Gasteiger partial charge < -0.3 is 5.32 Å². The second-order valence-electron chi connectivity index (χ2n) is 5.93. The summed E-state index contributed by atoms with van der Waals surface area (Å²) in [6.45, 7) is 11.0. The smallest absolute Gasteiger partial charge is 0.220 e. The molecule has 0 saturated carbocycles. The van der Waals surface area contributed by atoms with E-state index in [0.29, 0.717) is 24.3 Å². The topological polar surface area (TPSA) is 29.1 Å². The molecule has 14 heavy (non-hydrogen) atoms. The van der Waals surface area contributed by atoms with Crippen molar-refractivity contribution in [1.82, 2.24) is 5.32 Å². The van der Waals surface area contributed by atoms with Gasteiger partial charge in [0.25, 0.3) is 0 Å². The fourth-order valence-electron chi connectivity index (χ4n) is 2.01. The SMILES string of the molecule is CC(C)C1CC(=O)NC(C(C)(C)C)C1. The second kappa shape index (κ2) is 3.92. The van der Waals surface area contributed by atoms with Crippen LogP contribution in [0.1, 0.15) is 47.5 Å². The summed E-state index contributed by atoms with van der Waals surface area (Å²) in [6.07, 6.45) is 1.84. The third-order valence-electron chi connectivity index (χ3n) is 3.31. The van der Waals surface area contributed by atoms with E-state index in [1.807, 2.05) is 0 Å². The highest BCUT2D eigenvalue weighted by Crippen LogP contribution is 2.32. The molecular formula is C12H23NO. The molecule has 2 unspecified atom stereocenters. The van der Waals surface area contributed by atoms with Gasteiger partial charge in [0.2, 0.25) is 5.91 Å². The van der Waals surface area contributed by atoms with Gasteiger partial charge in [-0.25, -0.2) is 0 Å². The lowest BCUT2D eigenvalue weighted by atomic mass is 9.75. The fraction of sp³-hybridized carbons (Fsp3) is 0.917. The van der Waals surface area contributed by atoms with Gasteiger partial charge in [0.05, 0.1) is 0 Å². The van der Waals surface area contributed by atoms with Crippen LogP contribution >= 0.6 is 0 Å². The lowest BCUT2D eigenvalue weighted by Gasteiger charge is -2.39. The van der Waals surface area contributed by atoms with Crippen LogP contribution in [0.2, 0.25) is 0 Å². The summed E-state index contributed by atoms with van der Waals surface area (Å²) in [7, 11) is 0. The molecule has 0 bridgehead atoms. The van der Waals surface area contributed by atoms with Crippen molar-refractivity contribution in [2.24, 2.45) is 17.3 Å². The van der Waals surface area contributed by atoms with Crippen molar-refractivity contribution in [3.8, 4) is 0 Å². The third kappa shape index (κ3) is 2.73. The summed E-state index contributed by atoms with van der Waals surface area (Å²) in [5, 5.41) is 3.10. The van der Waals surface area contributed by atoms with E-state index < -0.39 is 0 Å². The van der Waals surface area contributed by atoms with E-state index in [1.165, 1.54) is 0 Å². The molecule has 2 nitrogen and oxygen atoms in total. The van der Waals surface area contributed by atoms with Crippen LogP contribution in [0.15, 0.2) is 0 Å². The predicted octanol–water partition coefficient (Wildman–Crippen LogP) is 2.58. The molecule has 1 saturated heterocycles. The molecule has 0 radical (unpaired) electrons. The van der Waals surface area contributed by atoms with E-state index in [9.17, 15) is 4.79 Å². The third-order valence-corrected chi connectivity index (χ3v) is 3.31. The molecule has 1 N–H and O–H groups in total. The van der Waals surface area contributed by atoms with Crippen LogP contribution in [0.5, 0.6) is 0 Å². The Bertz CT molecular complexity index is 215. The number of piperidine rings is 1. The number of nitrogens with one attached hydrogen (secondary N) is 1. The van der Waals surface area contributed by atoms with E-state index in [-0.39, 0.29) is 11.3 Å². The first-order chi connectivity index (χ1) is 6.30. The Morgan fingerprint density at radius 3 is 2.36 bits per heavy atom. The summed E-state index contributed by atoms with van der Waals surface area (Å²) < 4.78 is 0. The predicted molar refractivity (Wildman–Crippen MR) is 58.9 cm³/mol. The van der Waals surface area contributed by atoms with Crippen molar-refractivity contribution in [3.05, 3.63) is 0 Å². The van der Waals surface area contributed by atoms with Crippen LogP contribution in [0.25, 0.3) is 0 Å². The van der Waals surface area contributed by atoms with Crippen LogP contribution in [0.3, 0.4) is 0 Å². The summed E-state index contributed by atoms with van der Waals surface area (Å²) >= 11 is 0. The van der Waals surface area contributed by atoms with Gasteiger partial charge in [0, 0.05) is 12.5 Å². The molecule has 0 aromatic carbocycles. The Hall–Kier alpha value is -0.530. The summed E-state index contributed by atoms with van der Waals surface area (Å²) in [5.41, 5.74) is 0.184. The van der Waals surface area contributed by atoms with E-state index in [0.717, 1.165) is 6.42 Å². The summed E-state index contributed by atoms with van der Waals surface area (Å²) in [5.74, 6) is 1.41. The normalized spacial score (nSPS) is 29.1. The van der Waals surface area contributed by atoms with Gasteiger partial charge in [0.1, 0.15) is 0 Å². The molecule has 1 rings (SSSR count). The van der Waals surface area contributed by atoms with E-state index in [4.69, 9.17) is 0 Å². The number of carbonyl (C=O) groups excluding carboxylic acids is 1. The molecule has 1 aliphatic heterocycles. The van der Waals surface area contributed by atoms with Crippen molar-refractivity contribution in [1.29, 1.82) is 0 Å². The zero-order chi connectivity index (χ0) is 10.9. The van der Waals surface area contributed by atoms with Crippen molar-refractivity contribution in [3.63, 3.8) is 0 Å². The van der Waals surface area contributed by atoms with E-state index >= 15 is 0 Å². The molecule has 1 fully saturated rings. The minimum atomic E-state index is 0.184. The second-order valence-corrected chi connectivity index (χ2v) is 5.93. The number of hydrogen-bond donors (Lipinski definition) is 1. The van der Waals surface area contributed by atoms with Gasteiger partial charge in [0.15, 0.2) is 0 Å². The average molecular weight is 197 g/mol. The Morgan fingerprint density at radius 1 is 1.36 bits per heavy atom. The van der Waals surface area contributed by atoms with Gasteiger partial charge in [-0.15, -0.1) is 0 Å². The molecule has 2 atom stereocenters. The zero-order valence-electron chi connectivity index (χ0n) is 10.1. The maximum atomic E-state index is 11.5. The minimum absolute atomic E-state index is 0.184. The molecule has 1 aliphatic rings. The van der Waals surface area contributed by atoms with Crippen LogP contribution in [0, 0.1) is 17.3 Å². The van der Waals surface area contributed by atoms with Gasteiger partial charge in [-0.05, 0) is 23.7 Å². The van der Waals surface area contributed by atoms with Crippen molar-refractivity contribution in [2.45, 2.75) is 53.5 Å². The molecule has 82 valence electrons. The molecule has 0 aliphatic carbocycles. The lowest BCUT2D eigenvalue weighted by molar-refractivity contribution is -0.126. The Kier molecular flexibility index (Phi) is 3.23. The van der Waals surface area contributed by atoms with E-state index in [2.05, 4.69) is 39.9 Å². The van der Waals surface area contributed by atoms with Crippen LogP contribution in [-0.2, 0) is 4.79 Å². The first-order valence-electron chi connectivity index (χ1n) is 5.60. The largest absolute Gasteiger partial charge is 0.353 e.